The first-order valence-corrected chi connectivity index (χ1v) is 14.9. The zero-order chi connectivity index (χ0) is 33.2. The number of terminal acetylenes is 1. The Morgan fingerprint density at radius 1 is 1.18 bits per heavy atom. The number of hydrogen-bond donors (Lipinski definition) is 3. The Morgan fingerprint density at radius 2 is 1.91 bits per heavy atom. The number of amides is 3. The van der Waals surface area contributed by atoms with Crippen LogP contribution in [0.25, 0.3) is 0 Å². The van der Waals surface area contributed by atoms with E-state index < -0.39 is 48.4 Å². The highest BCUT2D eigenvalue weighted by molar-refractivity contribution is 5.92. The maximum absolute atomic E-state index is 13.9. The molecule has 2 aliphatic heterocycles. The predicted molar refractivity (Wildman–Crippen MR) is 167 cm³/mol. The Bertz CT molecular complexity index is 1360. The Balaban J connectivity index is 0.000000357. The minimum atomic E-state index is -2.81. The minimum Gasteiger partial charge on any atom is -0.387 e. The number of nitrogens with zero attached hydrogens (tertiary/aromatic N) is 1. The number of halogens is 4. The van der Waals surface area contributed by atoms with Crippen LogP contribution in [0.1, 0.15) is 51.5 Å². The maximum Gasteiger partial charge on any atom is 0.252 e. The molecule has 3 amide bonds. The number of allylic oxidation sites excluding steroid dienone is 2. The van der Waals surface area contributed by atoms with Crippen LogP contribution in [0.4, 0.5) is 23.2 Å². The summed E-state index contributed by atoms with van der Waals surface area (Å²) in [5.41, 5.74) is 1.46. The molecule has 3 N–H and O–H groups in total. The molecule has 0 bridgehead atoms. The number of nitrogens with one attached hydrogen (secondary N) is 3. The fraction of sp³-hybridized carbons (Fsp3) is 0.382. The van der Waals surface area contributed by atoms with Crippen molar-refractivity contribution in [3.05, 3.63) is 89.7 Å². The lowest BCUT2D eigenvalue weighted by molar-refractivity contribution is -0.131. The van der Waals surface area contributed by atoms with E-state index in [1.54, 1.807) is 12.1 Å². The van der Waals surface area contributed by atoms with Crippen molar-refractivity contribution in [1.29, 1.82) is 0 Å². The highest BCUT2D eigenvalue weighted by Gasteiger charge is 2.46. The average molecular weight is 629 g/mol. The summed E-state index contributed by atoms with van der Waals surface area (Å²) >= 11 is 0. The maximum atomic E-state index is 13.9. The van der Waals surface area contributed by atoms with Gasteiger partial charge in [-0.05, 0) is 67.4 Å². The van der Waals surface area contributed by atoms with E-state index in [1.165, 1.54) is 30.3 Å². The Hall–Kier alpha value is -4.59. The summed E-state index contributed by atoms with van der Waals surface area (Å²) in [6, 6.07) is 9.34. The van der Waals surface area contributed by atoms with Crippen LogP contribution in [0.15, 0.2) is 72.5 Å². The molecule has 2 aromatic carbocycles. The zero-order valence-corrected chi connectivity index (χ0v) is 25.5. The number of carbonyl (C=O) groups is 3. The van der Waals surface area contributed by atoms with Crippen molar-refractivity contribution in [2.45, 2.75) is 70.4 Å². The van der Waals surface area contributed by atoms with Gasteiger partial charge in [0, 0.05) is 49.7 Å². The van der Waals surface area contributed by atoms with Gasteiger partial charge in [-0.25, -0.2) is 17.6 Å². The molecule has 2 fully saturated rings. The van der Waals surface area contributed by atoms with Crippen LogP contribution in [0.2, 0.25) is 0 Å². The first-order chi connectivity index (χ1) is 21.6. The molecular weight excluding hydrogens is 588 g/mol. The molecule has 242 valence electrons. The summed E-state index contributed by atoms with van der Waals surface area (Å²) < 4.78 is 53.7. The summed E-state index contributed by atoms with van der Waals surface area (Å²) in [5, 5.41) is 8.19. The molecule has 0 radical (unpaired) electrons. The third kappa shape index (κ3) is 12.5. The van der Waals surface area contributed by atoms with E-state index in [0.717, 1.165) is 42.5 Å². The van der Waals surface area contributed by atoms with Gasteiger partial charge < -0.3 is 20.9 Å². The fourth-order valence-electron chi connectivity index (χ4n) is 4.53. The van der Waals surface area contributed by atoms with E-state index in [9.17, 15) is 31.9 Å². The molecule has 1 saturated carbocycles. The molecule has 1 aliphatic carbocycles. The SMILES string of the molecule is C#CC1=CCNC=C1.CC.O=C1CCCN1.O=CN(c1cccc(F)c1)C(CCc1ccccc1F)C(=O)NC1CC(F)(F)C1. The first kappa shape index (κ1) is 36.6. The van der Waals surface area contributed by atoms with Crippen molar-refractivity contribution in [1.82, 2.24) is 16.0 Å². The van der Waals surface area contributed by atoms with Crippen molar-refractivity contribution in [3.63, 3.8) is 0 Å². The van der Waals surface area contributed by atoms with Gasteiger partial charge in [0.05, 0.1) is 0 Å². The average Bonchev–Trinajstić information content (AvgIpc) is 3.52. The Morgan fingerprint density at radius 3 is 2.40 bits per heavy atom. The van der Waals surface area contributed by atoms with Gasteiger partial charge in [0.1, 0.15) is 17.7 Å². The van der Waals surface area contributed by atoms with Gasteiger partial charge in [-0.3, -0.25) is 14.4 Å². The van der Waals surface area contributed by atoms with E-state index >= 15 is 0 Å². The normalized spacial score (nSPS) is 16.5. The highest BCUT2D eigenvalue weighted by Crippen LogP contribution is 2.37. The largest absolute Gasteiger partial charge is 0.387 e. The number of benzene rings is 2. The Kier molecular flexibility index (Phi) is 15.4. The molecule has 11 heteroatoms. The molecule has 1 saturated heterocycles. The summed E-state index contributed by atoms with van der Waals surface area (Å²) in [4.78, 5) is 35.7. The molecule has 1 atom stereocenters. The van der Waals surface area contributed by atoms with Gasteiger partial charge in [-0.1, -0.05) is 44.0 Å². The van der Waals surface area contributed by atoms with Crippen molar-refractivity contribution >= 4 is 23.9 Å². The van der Waals surface area contributed by atoms with Gasteiger partial charge in [0.2, 0.25) is 18.2 Å². The zero-order valence-electron chi connectivity index (χ0n) is 25.5. The number of hydrogen-bond acceptors (Lipinski definition) is 4. The molecule has 2 heterocycles. The standard InChI is InChI=1S/C21H20F4N2O2.C7H7N.C4H7NO.C2H6/c22-15-5-3-6-17(10-15)27(13-28)19(9-8-14-4-1-2-7-18(14)23)20(29)26-16-11-21(24,25)12-16;1-2-7-3-5-8-6-4-7;6-4-2-1-3-5-4;1-2/h1-7,10,13,16,19H,8-9,11-12H2,(H,26,29);1,3-5,8H,6H2;1-3H2,(H,5,6);1-2H3. The van der Waals surface area contributed by atoms with Crippen molar-refractivity contribution in [3.8, 4) is 12.3 Å². The highest BCUT2D eigenvalue weighted by atomic mass is 19.3. The molecule has 0 spiro atoms. The molecule has 5 rings (SSSR count). The number of anilines is 1. The van der Waals surface area contributed by atoms with Gasteiger partial charge in [0.15, 0.2) is 0 Å². The van der Waals surface area contributed by atoms with Crippen molar-refractivity contribution in [2.24, 2.45) is 0 Å². The van der Waals surface area contributed by atoms with Crippen LogP contribution in [0.5, 0.6) is 0 Å². The van der Waals surface area contributed by atoms with E-state index in [4.69, 9.17) is 6.42 Å². The van der Waals surface area contributed by atoms with E-state index in [0.29, 0.717) is 12.0 Å². The van der Waals surface area contributed by atoms with Crippen LogP contribution < -0.4 is 20.9 Å². The number of aryl methyl sites for hydroxylation is 1. The lowest BCUT2D eigenvalue weighted by Gasteiger charge is -2.37. The Labute approximate surface area is 262 Å². The summed E-state index contributed by atoms with van der Waals surface area (Å²) in [7, 11) is 0. The number of carbonyl (C=O) groups excluding carboxylic acids is 3. The minimum absolute atomic E-state index is 0.0329. The monoisotopic (exact) mass is 628 g/mol. The van der Waals surface area contributed by atoms with Crippen LogP contribution in [-0.2, 0) is 20.8 Å². The molecule has 2 aromatic rings. The van der Waals surface area contributed by atoms with Crippen LogP contribution in [0.3, 0.4) is 0 Å². The second-order valence-electron chi connectivity index (χ2n) is 10.1. The molecule has 7 nitrogen and oxygen atoms in total. The quantitative estimate of drug-likeness (QED) is 0.207. The van der Waals surface area contributed by atoms with Gasteiger partial charge in [-0.15, -0.1) is 6.42 Å². The van der Waals surface area contributed by atoms with Gasteiger partial charge in [0.25, 0.3) is 5.92 Å². The van der Waals surface area contributed by atoms with E-state index in [1.807, 2.05) is 32.2 Å². The topological polar surface area (TPSA) is 90.5 Å². The second kappa shape index (κ2) is 18.9. The molecule has 45 heavy (non-hydrogen) atoms. The number of alkyl halides is 2. The third-order valence-electron chi connectivity index (χ3n) is 6.83. The summed E-state index contributed by atoms with van der Waals surface area (Å²) in [6.45, 7) is 5.74. The predicted octanol–water partition coefficient (Wildman–Crippen LogP) is 5.43. The van der Waals surface area contributed by atoms with Crippen LogP contribution >= 0.6 is 0 Å². The lowest BCUT2D eigenvalue weighted by atomic mass is 9.88. The fourth-order valence-corrected chi connectivity index (χ4v) is 4.53. The van der Waals surface area contributed by atoms with Crippen LogP contribution in [-0.4, -0.2) is 49.3 Å². The molecule has 0 aromatic heterocycles. The summed E-state index contributed by atoms with van der Waals surface area (Å²) in [6.07, 6.45) is 12.2. The van der Waals surface area contributed by atoms with Crippen LogP contribution in [0, 0.1) is 24.0 Å². The van der Waals surface area contributed by atoms with Gasteiger partial charge in [-0.2, -0.15) is 0 Å². The van der Waals surface area contributed by atoms with E-state index in [2.05, 4.69) is 21.9 Å². The van der Waals surface area contributed by atoms with E-state index in [-0.39, 0.29) is 24.4 Å². The molecule has 3 aliphatic rings. The second-order valence-corrected chi connectivity index (χ2v) is 10.1. The lowest BCUT2D eigenvalue weighted by Crippen LogP contribution is -2.56. The smallest absolute Gasteiger partial charge is 0.252 e. The van der Waals surface area contributed by atoms with Crippen molar-refractivity contribution < 1.29 is 31.9 Å². The molecular formula is C34H40F4N4O3. The van der Waals surface area contributed by atoms with Crippen molar-refractivity contribution in [2.75, 3.05) is 18.0 Å². The summed E-state index contributed by atoms with van der Waals surface area (Å²) in [5.74, 6) is -1.76. The first-order valence-electron chi connectivity index (χ1n) is 14.9. The van der Waals surface area contributed by atoms with Gasteiger partial charge >= 0.3 is 0 Å². The number of dihydropyridines is 1. The number of rotatable bonds is 8. The molecule has 1 unspecified atom stereocenters. The third-order valence-corrected chi connectivity index (χ3v) is 6.83.